The molecule has 2 N–H and O–H groups in total. The predicted molar refractivity (Wildman–Crippen MR) is 54.5 cm³/mol. The Kier molecular flexibility index (Phi) is 3.48. The number of nitrogens with two attached hydrogens (primary N) is 1. The summed E-state index contributed by atoms with van der Waals surface area (Å²) in [5, 5.41) is 4.31. The smallest absolute Gasteiger partial charge is 0.0540 e. The highest BCUT2D eigenvalue weighted by Crippen LogP contribution is 2.18. The van der Waals surface area contributed by atoms with Crippen LogP contribution < -0.4 is 5.73 Å². The van der Waals surface area contributed by atoms with Crippen molar-refractivity contribution in [2.45, 2.75) is 46.2 Å². The number of hydrogen-bond donors (Lipinski definition) is 1. The molecule has 0 fully saturated rings. The zero-order chi connectivity index (χ0) is 9.84. The minimum Gasteiger partial charge on any atom is -0.324 e. The molecule has 0 saturated carbocycles. The van der Waals surface area contributed by atoms with E-state index in [1.807, 2.05) is 10.9 Å². The second-order valence-electron chi connectivity index (χ2n) is 3.23. The van der Waals surface area contributed by atoms with Gasteiger partial charge in [0.05, 0.1) is 6.20 Å². The highest BCUT2D eigenvalue weighted by atomic mass is 15.3. The van der Waals surface area contributed by atoms with Gasteiger partial charge >= 0.3 is 0 Å². The van der Waals surface area contributed by atoms with Crippen molar-refractivity contribution < 1.29 is 0 Å². The molecular formula is C10H19N3. The molecule has 1 rings (SSSR count). The van der Waals surface area contributed by atoms with Crippen molar-refractivity contribution in [3.8, 4) is 0 Å². The maximum Gasteiger partial charge on any atom is 0.0540 e. The minimum atomic E-state index is 0.148. The van der Waals surface area contributed by atoms with E-state index < -0.39 is 0 Å². The lowest BCUT2D eigenvalue weighted by Crippen LogP contribution is -2.11. The lowest BCUT2D eigenvalue weighted by atomic mass is 10.1. The van der Waals surface area contributed by atoms with E-state index in [4.69, 9.17) is 5.73 Å². The van der Waals surface area contributed by atoms with Crippen LogP contribution in [-0.4, -0.2) is 9.78 Å². The SMILES string of the molecule is CCc1c(C(N)CC)cnn1CC. The first-order valence-electron chi connectivity index (χ1n) is 5.04. The Bertz CT molecular complexity index is 265. The van der Waals surface area contributed by atoms with Gasteiger partial charge in [0.1, 0.15) is 0 Å². The fourth-order valence-electron chi connectivity index (χ4n) is 1.61. The Morgan fingerprint density at radius 1 is 1.46 bits per heavy atom. The number of aryl methyl sites for hydroxylation is 1. The molecule has 0 aliphatic heterocycles. The Morgan fingerprint density at radius 2 is 2.15 bits per heavy atom. The van der Waals surface area contributed by atoms with Crippen molar-refractivity contribution in [2.24, 2.45) is 5.73 Å². The van der Waals surface area contributed by atoms with E-state index in [0.717, 1.165) is 19.4 Å². The Labute approximate surface area is 79.9 Å². The molecule has 1 aromatic rings. The zero-order valence-corrected chi connectivity index (χ0v) is 8.75. The highest BCUT2D eigenvalue weighted by Gasteiger charge is 2.12. The fourth-order valence-corrected chi connectivity index (χ4v) is 1.61. The van der Waals surface area contributed by atoms with Gasteiger partial charge in [-0.1, -0.05) is 13.8 Å². The van der Waals surface area contributed by atoms with Crippen molar-refractivity contribution in [2.75, 3.05) is 0 Å². The number of aromatic nitrogens is 2. The molecule has 0 amide bonds. The van der Waals surface area contributed by atoms with Crippen molar-refractivity contribution in [3.05, 3.63) is 17.5 Å². The van der Waals surface area contributed by atoms with Gasteiger partial charge < -0.3 is 5.73 Å². The van der Waals surface area contributed by atoms with Gasteiger partial charge in [0.2, 0.25) is 0 Å². The zero-order valence-electron chi connectivity index (χ0n) is 8.75. The van der Waals surface area contributed by atoms with Gasteiger partial charge in [0.15, 0.2) is 0 Å². The van der Waals surface area contributed by atoms with Crippen molar-refractivity contribution in [1.82, 2.24) is 9.78 Å². The molecule has 0 saturated heterocycles. The summed E-state index contributed by atoms with van der Waals surface area (Å²) in [5.74, 6) is 0. The number of hydrogen-bond acceptors (Lipinski definition) is 2. The lowest BCUT2D eigenvalue weighted by Gasteiger charge is -2.10. The molecule has 0 radical (unpaired) electrons. The Hall–Kier alpha value is -0.830. The average Bonchev–Trinajstić information content (AvgIpc) is 2.58. The number of rotatable bonds is 4. The van der Waals surface area contributed by atoms with E-state index in [1.54, 1.807) is 0 Å². The van der Waals surface area contributed by atoms with E-state index >= 15 is 0 Å². The van der Waals surface area contributed by atoms with Crippen LogP contribution in [0.5, 0.6) is 0 Å². The van der Waals surface area contributed by atoms with E-state index in [0.29, 0.717) is 0 Å². The largest absolute Gasteiger partial charge is 0.324 e. The van der Waals surface area contributed by atoms with Crippen molar-refractivity contribution in [3.63, 3.8) is 0 Å². The first-order chi connectivity index (χ1) is 6.24. The summed E-state index contributed by atoms with van der Waals surface area (Å²) in [6, 6.07) is 0.148. The molecule has 3 nitrogen and oxygen atoms in total. The van der Waals surface area contributed by atoms with E-state index in [9.17, 15) is 0 Å². The van der Waals surface area contributed by atoms with Crippen LogP contribution >= 0.6 is 0 Å². The maximum atomic E-state index is 5.99. The van der Waals surface area contributed by atoms with Crippen molar-refractivity contribution in [1.29, 1.82) is 0 Å². The van der Waals surface area contributed by atoms with Gasteiger partial charge in [-0.3, -0.25) is 4.68 Å². The van der Waals surface area contributed by atoms with E-state index in [2.05, 4.69) is 25.9 Å². The third-order valence-corrected chi connectivity index (χ3v) is 2.45. The molecule has 1 aromatic heterocycles. The Morgan fingerprint density at radius 3 is 2.62 bits per heavy atom. The molecule has 0 aliphatic rings. The van der Waals surface area contributed by atoms with Gasteiger partial charge in [-0.25, -0.2) is 0 Å². The second-order valence-corrected chi connectivity index (χ2v) is 3.23. The van der Waals surface area contributed by atoms with Crippen LogP contribution in [0.25, 0.3) is 0 Å². The Balaban J connectivity index is 3.00. The van der Waals surface area contributed by atoms with E-state index in [-0.39, 0.29) is 6.04 Å². The first-order valence-corrected chi connectivity index (χ1v) is 5.04. The van der Waals surface area contributed by atoms with Crippen LogP contribution in [0.3, 0.4) is 0 Å². The quantitative estimate of drug-likeness (QED) is 0.770. The maximum absolute atomic E-state index is 5.99. The third kappa shape index (κ3) is 1.91. The molecule has 1 unspecified atom stereocenters. The van der Waals surface area contributed by atoms with Gasteiger partial charge in [0.25, 0.3) is 0 Å². The lowest BCUT2D eigenvalue weighted by molar-refractivity contribution is 0.615. The molecule has 3 heteroatoms. The molecule has 0 aromatic carbocycles. The van der Waals surface area contributed by atoms with Gasteiger partial charge in [-0.05, 0) is 19.8 Å². The summed E-state index contributed by atoms with van der Waals surface area (Å²) in [6.07, 6.45) is 3.90. The van der Waals surface area contributed by atoms with Crippen LogP contribution in [0.1, 0.15) is 44.5 Å². The molecule has 0 spiro atoms. The monoisotopic (exact) mass is 181 g/mol. The normalized spacial score (nSPS) is 13.2. The van der Waals surface area contributed by atoms with Crippen LogP contribution in [0.2, 0.25) is 0 Å². The number of nitrogens with zero attached hydrogens (tertiary/aromatic N) is 2. The molecule has 1 atom stereocenters. The standard InChI is InChI=1S/C10H19N3/c1-4-9(11)8-7-12-13(6-3)10(8)5-2/h7,9H,4-6,11H2,1-3H3. The summed E-state index contributed by atoms with van der Waals surface area (Å²) in [6.45, 7) is 7.29. The molecule has 13 heavy (non-hydrogen) atoms. The first kappa shape index (κ1) is 10.3. The molecular weight excluding hydrogens is 162 g/mol. The van der Waals surface area contributed by atoms with Crippen LogP contribution in [0, 0.1) is 0 Å². The average molecular weight is 181 g/mol. The minimum absolute atomic E-state index is 0.148. The third-order valence-electron chi connectivity index (χ3n) is 2.45. The second kappa shape index (κ2) is 4.42. The molecule has 0 aliphatic carbocycles. The van der Waals surface area contributed by atoms with Crippen LogP contribution in [0.15, 0.2) is 6.20 Å². The predicted octanol–water partition coefficient (Wildman–Crippen LogP) is 1.88. The van der Waals surface area contributed by atoms with Gasteiger partial charge in [-0.2, -0.15) is 5.10 Å². The fraction of sp³-hybridized carbons (Fsp3) is 0.700. The summed E-state index contributed by atoms with van der Waals surface area (Å²) >= 11 is 0. The molecule has 0 bridgehead atoms. The van der Waals surface area contributed by atoms with Gasteiger partial charge in [-0.15, -0.1) is 0 Å². The van der Waals surface area contributed by atoms with Crippen molar-refractivity contribution >= 4 is 0 Å². The van der Waals surface area contributed by atoms with Gasteiger partial charge in [0, 0.05) is 23.8 Å². The summed E-state index contributed by atoms with van der Waals surface area (Å²) in [4.78, 5) is 0. The van der Waals surface area contributed by atoms with E-state index in [1.165, 1.54) is 11.3 Å². The summed E-state index contributed by atoms with van der Waals surface area (Å²) in [7, 11) is 0. The van der Waals surface area contributed by atoms with Crippen LogP contribution in [-0.2, 0) is 13.0 Å². The topological polar surface area (TPSA) is 43.8 Å². The summed E-state index contributed by atoms with van der Waals surface area (Å²) in [5.41, 5.74) is 8.49. The molecule has 1 heterocycles. The van der Waals surface area contributed by atoms with Crippen LogP contribution in [0.4, 0.5) is 0 Å². The molecule has 74 valence electrons. The summed E-state index contributed by atoms with van der Waals surface area (Å²) < 4.78 is 2.03. The highest BCUT2D eigenvalue weighted by molar-refractivity contribution is 5.21.